The second kappa shape index (κ2) is 15.3. The molecule has 0 spiro atoms. The van der Waals surface area contributed by atoms with E-state index in [1.165, 1.54) is 4.31 Å². The van der Waals surface area contributed by atoms with Crippen LogP contribution in [0.5, 0.6) is 11.5 Å². The van der Waals surface area contributed by atoms with E-state index in [0.29, 0.717) is 41.8 Å². The standard InChI is InChI=1S/C33H40ClN3O6S/c1-4-24(2)35-33(39)29(21-25-10-6-5-7-11-25)36(23-26-12-8-13-27(34)20-26)32(38)14-9-17-37(44(3,40)41)28-15-16-30-31(22-28)43-19-18-42-30/h5-8,10-13,15-16,20,22,24,29H,4,9,14,17-19,21,23H2,1-3H3,(H,35,39)/t24-,29+/m1/s1. The average Bonchev–Trinajstić information content (AvgIpc) is 3.00. The second-order valence-electron chi connectivity index (χ2n) is 10.9. The summed E-state index contributed by atoms with van der Waals surface area (Å²) in [6.07, 6.45) is 2.46. The van der Waals surface area contributed by atoms with Gasteiger partial charge in [-0.1, -0.05) is 61.0 Å². The highest BCUT2D eigenvalue weighted by atomic mass is 35.5. The molecular weight excluding hydrogens is 602 g/mol. The summed E-state index contributed by atoms with van der Waals surface area (Å²) in [5.41, 5.74) is 2.13. The first-order valence-electron chi connectivity index (χ1n) is 14.8. The predicted octanol–water partition coefficient (Wildman–Crippen LogP) is 5.21. The molecule has 0 unspecified atom stereocenters. The first kappa shape index (κ1) is 33.1. The lowest BCUT2D eigenvalue weighted by Crippen LogP contribution is -2.52. The molecule has 0 fully saturated rings. The normalized spacial score (nSPS) is 13.9. The van der Waals surface area contributed by atoms with Gasteiger partial charge in [-0.3, -0.25) is 13.9 Å². The molecule has 1 heterocycles. The fourth-order valence-corrected chi connectivity index (χ4v) is 6.19. The number of benzene rings is 3. The van der Waals surface area contributed by atoms with Crippen molar-refractivity contribution >= 4 is 39.1 Å². The third-order valence-corrected chi connectivity index (χ3v) is 8.91. The largest absolute Gasteiger partial charge is 0.486 e. The first-order valence-corrected chi connectivity index (χ1v) is 17.0. The van der Waals surface area contributed by atoms with E-state index in [1.807, 2.05) is 56.3 Å². The van der Waals surface area contributed by atoms with Crippen molar-refractivity contribution in [3.05, 3.63) is 88.9 Å². The minimum absolute atomic E-state index is 0.0268. The minimum atomic E-state index is -3.67. The molecule has 0 saturated carbocycles. The Hall–Kier alpha value is -3.76. The number of ether oxygens (including phenoxy) is 2. The molecule has 1 aliphatic rings. The smallest absolute Gasteiger partial charge is 0.243 e. The van der Waals surface area contributed by atoms with Crippen LogP contribution < -0.4 is 19.1 Å². The zero-order valence-electron chi connectivity index (χ0n) is 25.4. The zero-order chi connectivity index (χ0) is 31.7. The number of anilines is 1. The maximum Gasteiger partial charge on any atom is 0.243 e. The Morgan fingerprint density at radius 3 is 2.34 bits per heavy atom. The van der Waals surface area contributed by atoms with Crippen LogP contribution in [0.3, 0.4) is 0 Å². The van der Waals surface area contributed by atoms with Crippen LogP contribution in [0.1, 0.15) is 44.2 Å². The molecule has 4 rings (SSSR count). The van der Waals surface area contributed by atoms with Gasteiger partial charge in [0.1, 0.15) is 19.3 Å². The van der Waals surface area contributed by atoms with Gasteiger partial charge in [-0.05, 0) is 55.2 Å². The van der Waals surface area contributed by atoms with E-state index in [9.17, 15) is 18.0 Å². The fraction of sp³-hybridized carbons (Fsp3) is 0.394. The Balaban J connectivity index is 1.58. The van der Waals surface area contributed by atoms with Crippen molar-refractivity contribution in [1.82, 2.24) is 10.2 Å². The number of hydrogen-bond acceptors (Lipinski definition) is 6. The Kier molecular flexibility index (Phi) is 11.5. The molecule has 0 bridgehead atoms. The van der Waals surface area contributed by atoms with Crippen LogP contribution in [0.4, 0.5) is 5.69 Å². The van der Waals surface area contributed by atoms with Crippen molar-refractivity contribution in [1.29, 1.82) is 0 Å². The molecule has 0 saturated heterocycles. The molecule has 44 heavy (non-hydrogen) atoms. The van der Waals surface area contributed by atoms with Crippen molar-refractivity contribution < 1.29 is 27.5 Å². The third-order valence-electron chi connectivity index (χ3n) is 7.48. The summed E-state index contributed by atoms with van der Waals surface area (Å²) in [5.74, 6) is 0.524. The van der Waals surface area contributed by atoms with E-state index in [-0.39, 0.29) is 43.8 Å². The maximum atomic E-state index is 14.0. The van der Waals surface area contributed by atoms with Gasteiger partial charge in [0.05, 0.1) is 11.9 Å². The number of amides is 2. The molecule has 2 atom stereocenters. The molecule has 1 aliphatic heterocycles. The second-order valence-corrected chi connectivity index (χ2v) is 13.3. The van der Waals surface area contributed by atoms with Gasteiger partial charge in [0, 0.05) is 43.1 Å². The summed E-state index contributed by atoms with van der Waals surface area (Å²) >= 11 is 6.27. The van der Waals surface area contributed by atoms with E-state index in [0.717, 1.165) is 23.8 Å². The van der Waals surface area contributed by atoms with E-state index in [2.05, 4.69) is 5.32 Å². The number of nitrogens with one attached hydrogen (secondary N) is 1. The highest BCUT2D eigenvalue weighted by Crippen LogP contribution is 2.35. The van der Waals surface area contributed by atoms with Crippen molar-refractivity contribution in [2.24, 2.45) is 0 Å². The van der Waals surface area contributed by atoms with Gasteiger partial charge >= 0.3 is 0 Å². The number of nitrogens with zero attached hydrogens (tertiary/aromatic N) is 2. The van der Waals surface area contributed by atoms with Crippen LogP contribution >= 0.6 is 11.6 Å². The first-order chi connectivity index (χ1) is 21.0. The summed E-state index contributed by atoms with van der Waals surface area (Å²) < 4.78 is 38.1. The van der Waals surface area contributed by atoms with Crippen LogP contribution in [-0.2, 0) is 32.6 Å². The van der Waals surface area contributed by atoms with Gasteiger partial charge in [0.2, 0.25) is 21.8 Å². The summed E-state index contributed by atoms with van der Waals surface area (Å²) in [7, 11) is -3.67. The number of halogens is 1. The van der Waals surface area contributed by atoms with Gasteiger partial charge in [0.25, 0.3) is 0 Å². The van der Waals surface area contributed by atoms with Gasteiger partial charge in [0.15, 0.2) is 11.5 Å². The van der Waals surface area contributed by atoms with Gasteiger partial charge < -0.3 is 19.7 Å². The third kappa shape index (κ3) is 9.12. The average molecular weight is 642 g/mol. The van der Waals surface area contributed by atoms with Crippen molar-refractivity contribution in [2.75, 3.05) is 30.3 Å². The fourth-order valence-electron chi connectivity index (χ4n) is 5.02. The van der Waals surface area contributed by atoms with E-state index in [1.54, 1.807) is 35.2 Å². The van der Waals surface area contributed by atoms with E-state index >= 15 is 0 Å². The molecule has 2 amide bonds. The molecule has 9 nitrogen and oxygen atoms in total. The number of carbonyl (C=O) groups excluding carboxylic acids is 2. The van der Waals surface area contributed by atoms with Crippen molar-refractivity contribution in [2.45, 2.75) is 58.2 Å². The molecular formula is C33H40ClN3O6S. The summed E-state index contributed by atoms with van der Waals surface area (Å²) in [4.78, 5) is 29.3. The zero-order valence-corrected chi connectivity index (χ0v) is 26.9. The highest BCUT2D eigenvalue weighted by molar-refractivity contribution is 7.92. The summed E-state index contributed by atoms with van der Waals surface area (Å²) in [5, 5.41) is 3.58. The van der Waals surface area contributed by atoms with E-state index in [4.69, 9.17) is 21.1 Å². The number of fused-ring (bicyclic) bond motifs is 1. The van der Waals surface area contributed by atoms with Gasteiger partial charge in [-0.25, -0.2) is 8.42 Å². The van der Waals surface area contributed by atoms with Crippen molar-refractivity contribution in [3.8, 4) is 11.5 Å². The topological polar surface area (TPSA) is 105 Å². The summed E-state index contributed by atoms with van der Waals surface area (Å²) in [6.45, 7) is 4.96. The molecule has 3 aromatic carbocycles. The van der Waals surface area contributed by atoms with Crippen molar-refractivity contribution in [3.63, 3.8) is 0 Å². The number of carbonyl (C=O) groups is 2. The highest BCUT2D eigenvalue weighted by Gasteiger charge is 2.31. The van der Waals surface area contributed by atoms with Crippen LogP contribution in [0.25, 0.3) is 0 Å². The quantitative estimate of drug-likeness (QED) is 0.259. The molecule has 1 N–H and O–H groups in total. The van der Waals surface area contributed by atoms with Crippen LogP contribution in [0.15, 0.2) is 72.8 Å². The monoisotopic (exact) mass is 641 g/mol. The molecule has 236 valence electrons. The molecule has 0 radical (unpaired) electrons. The number of rotatable bonds is 14. The minimum Gasteiger partial charge on any atom is -0.486 e. The lowest BCUT2D eigenvalue weighted by atomic mass is 10.0. The Labute approximate surface area is 265 Å². The predicted molar refractivity (Wildman–Crippen MR) is 173 cm³/mol. The molecule has 3 aromatic rings. The van der Waals surface area contributed by atoms with Crippen LogP contribution in [0, 0.1) is 0 Å². The molecule has 0 aromatic heterocycles. The SMILES string of the molecule is CC[C@@H](C)NC(=O)[C@H](Cc1ccccc1)N(Cc1cccc(Cl)c1)C(=O)CCCN(c1ccc2c(c1)OCCO2)S(C)(=O)=O. The lowest BCUT2D eigenvalue weighted by Gasteiger charge is -2.33. The number of sulfonamides is 1. The van der Waals surface area contributed by atoms with Gasteiger partial charge in [-0.15, -0.1) is 0 Å². The molecule has 11 heteroatoms. The summed E-state index contributed by atoms with van der Waals surface area (Å²) in [6, 6.07) is 20.9. The lowest BCUT2D eigenvalue weighted by molar-refractivity contribution is -0.141. The molecule has 0 aliphatic carbocycles. The van der Waals surface area contributed by atoms with Gasteiger partial charge in [-0.2, -0.15) is 0 Å². The Bertz CT molecular complexity index is 1540. The Morgan fingerprint density at radius 2 is 1.66 bits per heavy atom. The van der Waals surface area contributed by atoms with Crippen LogP contribution in [0.2, 0.25) is 5.02 Å². The number of hydrogen-bond donors (Lipinski definition) is 1. The van der Waals surface area contributed by atoms with E-state index < -0.39 is 16.1 Å². The maximum absolute atomic E-state index is 14.0. The Morgan fingerprint density at radius 1 is 0.955 bits per heavy atom. The van der Waals surface area contributed by atoms with Crippen LogP contribution in [-0.4, -0.2) is 63.2 Å².